The lowest BCUT2D eigenvalue weighted by molar-refractivity contribution is 0.626. The molecule has 0 saturated heterocycles. The molecular weight excluding hydrogens is 253 g/mol. The van der Waals surface area contributed by atoms with Crippen LogP contribution in [0.4, 0.5) is 10.1 Å². The summed E-state index contributed by atoms with van der Waals surface area (Å²) < 4.78 is 15.2. The van der Waals surface area contributed by atoms with E-state index in [2.05, 4.69) is 31.2 Å². The molecular formula is C16H22FN3. The standard InChI is InChI=1S/C16H22FN3/c1-6-20-13(5)16(12(4)19-20)11(3)18-15-8-7-14(17)9-10(15)2/h7-9,11,18H,6H2,1-5H3. The van der Waals surface area contributed by atoms with Crippen molar-refractivity contribution in [3.05, 3.63) is 46.5 Å². The van der Waals surface area contributed by atoms with Crippen molar-refractivity contribution in [3.8, 4) is 0 Å². The van der Waals surface area contributed by atoms with Crippen LogP contribution in [0.5, 0.6) is 0 Å². The van der Waals surface area contributed by atoms with Gasteiger partial charge in [0.1, 0.15) is 5.82 Å². The van der Waals surface area contributed by atoms with Crippen molar-refractivity contribution < 1.29 is 4.39 Å². The summed E-state index contributed by atoms with van der Waals surface area (Å²) in [5, 5.41) is 8.00. The second kappa shape index (κ2) is 5.65. The van der Waals surface area contributed by atoms with Gasteiger partial charge in [0.25, 0.3) is 0 Å². The van der Waals surface area contributed by atoms with Gasteiger partial charge >= 0.3 is 0 Å². The zero-order valence-corrected chi connectivity index (χ0v) is 12.8. The predicted molar refractivity (Wildman–Crippen MR) is 80.5 cm³/mol. The number of rotatable bonds is 4. The molecule has 0 aliphatic heterocycles. The molecule has 20 heavy (non-hydrogen) atoms. The van der Waals surface area contributed by atoms with Crippen LogP contribution in [0.15, 0.2) is 18.2 Å². The second-order valence-electron chi connectivity index (χ2n) is 5.23. The maximum Gasteiger partial charge on any atom is 0.123 e. The Labute approximate surface area is 119 Å². The summed E-state index contributed by atoms with van der Waals surface area (Å²) in [7, 11) is 0. The molecule has 108 valence electrons. The van der Waals surface area contributed by atoms with Gasteiger partial charge in [-0.25, -0.2) is 4.39 Å². The predicted octanol–water partition coefficient (Wildman–Crippen LogP) is 4.14. The quantitative estimate of drug-likeness (QED) is 0.908. The average molecular weight is 275 g/mol. The Bertz CT molecular complexity index is 616. The summed E-state index contributed by atoms with van der Waals surface area (Å²) in [6, 6.07) is 4.96. The number of aryl methyl sites for hydroxylation is 3. The minimum Gasteiger partial charge on any atom is -0.378 e. The van der Waals surface area contributed by atoms with E-state index in [1.807, 2.05) is 18.5 Å². The van der Waals surface area contributed by atoms with E-state index in [-0.39, 0.29) is 11.9 Å². The van der Waals surface area contributed by atoms with Crippen molar-refractivity contribution in [3.63, 3.8) is 0 Å². The van der Waals surface area contributed by atoms with Gasteiger partial charge in [0.2, 0.25) is 0 Å². The molecule has 0 amide bonds. The Balaban J connectivity index is 2.28. The normalized spacial score (nSPS) is 12.5. The van der Waals surface area contributed by atoms with Crippen LogP contribution >= 0.6 is 0 Å². The van der Waals surface area contributed by atoms with Crippen molar-refractivity contribution in [2.45, 2.75) is 47.2 Å². The van der Waals surface area contributed by atoms with Crippen LogP contribution in [0.1, 0.15) is 42.4 Å². The maximum absolute atomic E-state index is 13.1. The largest absolute Gasteiger partial charge is 0.378 e. The average Bonchev–Trinajstić information content (AvgIpc) is 2.67. The molecule has 0 aliphatic rings. The zero-order chi connectivity index (χ0) is 14.9. The molecule has 2 aromatic rings. The van der Waals surface area contributed by atoms with Crippen LogP contribution in [0, 0.1) is 26.6 Å². The third-order valence-corrected chi connectivity index (χ3v) is 3.73. The highest BCUT2D eigenvalue weighted by molar-refractivity contribution is 5.52. The zero-order valence-electron chi connectivity index (χ0n) is 12.8. The highest BCUT2D eigenvalue weighted by Gasteiger charge is 2.17. The molecule has 0 aliphatic carbocycles. The molecule has 0 saturated carbocycles. The first-order valence-corrected chi connectivity index (χ1v) is 7.00. The molecule has 1 aromatic heterocycles. The Hall–Kier alpha value is -1.84. The number of anilines is 1. The summed E-state index contributed by atoms with van der Waals surface area (Å²) in [6.45, 7) is 11.1. The van der Waals surface area contributed by atoms with E-state index in [0.29, 0.717) is 0 Å². The molecule has 2 rings (SSSR count). The fraction of sp³-hybridized carbons (Fsp3) is 0.438. The first-order valence-electron chi connectivity index (χ1n) is 7.00. The van der Waals surface area contributed by atoms with Crippen molar-refractivity contribution in [2.75, 3.05) is 5.32 Å². The van der Waals surface area contributed by atoms with Gasteiger partial charge in [0, 0.05) is 23.5 Å². The lowest BCUT2D eigenvalue weighted by Crippen LogP contribution is -2.10. The van der Waals surface area contributed by atoms with E-state index < -0.39 is 0 Å². The lowest BCUT2D eigenvalue weighted by Gasteiger charge is -2.18. The molecule has 1 N–H and O–H groups in total. The van der Waals surface area contributed by atoms with E-state index in [9.17, 15) is 4.39 Å². The Morgan fingerprint density at radius 3 is 2.55 bits per heavy atom. The number of hydrogen-bond acceptors (Lipinski definition) is 2. The van der Waals surface area contributed by atoms with Crippen LogP contribution in [0.2, 0.25) is 0 Å². The molecule has 4 heteroatoms. The van der Waals surface area contributed by atoms with E-state index in [1.165, 1.54) is 17.3 Å². The molecule has 0 radical (unpaired) electrons. The third kappa shape index (κ3) is 2.69. The van der Waals surface area contributed by atoms with Crippen LogP contribution in [-0.4, -0.2) is 9.78 Å². The number of aromatic nitrogens is 2. The molecule has 1 unspecified atom stereocenters. The van der Waals surface area contributed by atoms with Gasteiger partial charge in [-0.15, -0.1) is 0 Å². The Morgan fingerprint density at radius 2 is 2.00 bits per heavy atom. The minimum absolute atomic E-state index is 0.138. The van der Waals surface area contributed by atoms with Crippen LogP contribution in [0.3, 0.4) is 0 Å². The fourth-order valence-electron chi connectivity index (χ4n) is 2.74. The van der Waals surface area contributed by atoms with Crippen LogP contribution < -0.4 is 5.32 Å². The molecule has 1 heterocycles. The van der Waals surface area contributed by atoms with Gasteiger partial charge in [-0.2, -0.15) is 5.10 Å². The molecule has 1 aromatic carbocycles. The van der Waals surface area contributed by atoms with E-state index in [1.54, 1.807) is 12.1 Å². The van der Waals surface area contributed by atoms with Crippen molar-refractivity contribution in [1.29, 1.82) is 0 Å². The van der Waals surface area contributed by atoms with Crippen molar-refractivity contribution in [1.82, 2.24) is 9.78 Å². The Morgan fingerprint density at radius 1 is 1.30 bits per heavy atom. The summed E-state index contributed by atoms with van der Waals surface area (Å²) in [4.78, 5) is 0. The van der Waals surface area contributed by atoms with Gasteiger partial charge in [0.15, 0.2) is 0 Å². The van der Waals surface area contributed by atoms with Gasteiger partial charge < -0.3 is 5.32 Å². The lowest BCUT2D eigenvalue weighted by atomic mass is 10.1. The highest BCUT2D eigenvalue weighted by Crippen LogP contribution is 2.26. The van der Waals surface area contributed by atoms with Gasteiger partial charge in [0.05, 0.1) is 11.7 Å². The first kappa shape index (κ1) is 14.6. The van der Waals surface area contributed by atoms with Gasteiger partial charge in [-0.3, -0.25) is 4.68 Å². The number of nitrogens with zero attached hydrogens (tertiary/aromatic N) is 2. The first-order chi connectivity index (χ1) is 9.43. The second-order valence-corrected chi connectivity index (χ2v) is 5.23. The highest BCUT2D eigenvalue weighted by atomic mass is 19.1. The van der Waals surface area contributed by atoms with Crippen LogP contribution in [-0.2, 0) is 6.54 Å². The summed E-state index contributed by atoms with van der Waals surface area (Å²) >= 11 is 0. The number of benzene rings is 1. The van der Waals surface area contributed by atoms with Crippen LogP contribution in [0.25, 0.3) is 0 Å². The molecule has 0 fully saturated rings. The molecule has 0 bridgehead atoms. The number of nitrogens with one attached hydrogen (secondary N) is 1. The molecule has 3 nitrogen and oxygen atoms in total. The molecule has 0 spiro atoms. The smallest absolute Gasteiger partial charge is 0.123 e. The molecule has 1 atom stereocenters. The van der Waals surface area contributed by atoms with Crippen molar-refractivity contribution in [2.24, 2.45) is 0 Å². The summed E-state index contributed by atoms with van der Waals surface area (Å²) in [5.74, 6) is -0.202. The maximum atomic E-state index is 13.1. The number of hydrogen-bond donors (Lipinski definition) is 1. The van der Waals surface area contributed by atoms with Gasteiger partial charge in [-0.1, -0.05) is 0 Å². The minimum atomic E-state index is -0.202. The Kier molecular flexibility index (Phi) is 4.12. The van der Waals surface area contributed by atoms with Crippen molar-refractivity contribution >= 4 is 5.69 Å². The third-order valence-electron chi connectivity index (χ3n) is 3.73. The monoisotopic (exact) mass is 275 g/mol. The summed E-state index contributed by atoms with van der Waals surface area (Å²) in [6.07, 6.45) is 0. The van der Waals surface area contributed by atoms with E-state index in [0.717, 1.165) is 23.5 Å². The fourth-order valence-corrected chi connectivity index (χ4v) is 2.74. The van der Waals surface area contributed by atoms with E-state index >= 15 is 0 Å². The van der Waals surface area contributed by atoms with E-state index in [4.69, 9.17) is 0 Å². The topological polar surface area (TPSA) is 29.9 Å². The number of halogens is 1. The van der Waals surface area contributed by atoms with Gasteiger partial charge in [-0.05, 0) is 58.4 Å². The SMILES string of the molecule is CCn1nc(C)c(C(C)Nc2ccc(F)cc2C)c1C. The summed E-state index contributed by atoms with van der Waals surface area (Å²) in [5.41, 5.74) is 5.32.